The van der Waals surface area contributed by atoms with Gasteiger partial charge in [-0.2, -0.15) is 0 Å². The second-order valence-corrected chi connectivity index (χ2v) is 3.80. The number of rotatable bonds is 7. The van der Waals surface area contributed by atoms with Crippen molar-refractivity contribution < 1.29 is 0 Å². The van der Waals surface area contributed by atoms with Gasteiger partial charge in [0.25, 0.3) is 0 Å². The fourth-order valence-corrected chi connectivity index (χ4v) is 1.70. The first-order chi connectivity index (χ1) is 5.88. The van der Waals surface area contributed by atoms with Crippen LogP contribution in [-0.4, -0.2) is 19.1 Å². The van der Waals surface area contributed by atoms with Crippen LogP contribution in [0.2, 0.25) is 0 Å². The zero-order chi connectivity index (χ0) is 8.81. The summed E-state index contributed by atoms with van der Waals surface area (Å²) in [4.78, 5) is 0. The summed E-state index contributed by atoms with van der Waals surface area (Å²) in [5, 5.41) is 3.61. The number of nitrogens with one attached hydrogen (secondary N) is 1. The largest absolute Gasteiger partial charge is 0.330 e. The molecule has 1 saturated carbocycles. The first-order valence-corrected chi connectivity index (χ1v) is 5.32. The van der Waals surface area contributed by atoms with E-state index in [1.54, 1.807) is 0 Å². The van der Waals surface area contributed by atoms with Crippen molar-refractivity contribution in [3.8, 4) is 0 Å². The predicted octanol–water partition coefficient (Wildman–Crippen LogP) is 1.50. The molecule has 0 radical (unpaired) electrons. The van der Waals surface area contributed by atoms with Gasteiger partial charge < -0.3 is 11.1 Å². The van der Waals surface area contributed by atoms with Gasteiger partial charge in [0, 0.05) is 6.04 Å². The molecular weight excluding hydrogens is 148 g/mol. The monoisotopic (exact) mass is 170 g/mol. The molecule has 1 atom stereocenters. The fraction of sp³-hybridized carbons (Fsp3) is 1.00. The molecule has 1 rings (SSSR count). The van der Waals surface area contributed by atoms with Crippen molar-refractivity contribution in [2.24, 2.45) is 11.7 Å². The molecule has 0 bridgehead atoms. The Bertz CT molecular complexity index is 110. The molecular formula is C10H22N2. The van der Waals surface area contributed by atoms with Crippen LogP contribution in [0.15, 0.2) is 0 Å². The van der Waals surface area contributed by atoms with Crippen LogP contribution in [0.3, 0.4) is 0 Å². The van der Waals surface area contributed by atoms with Crippen LogP contribution in [0.5, 0.6) is 0 Å². The summed E-state index contributed by atoms with van der Waals surface area (Å²) in [6.45, 7) is 4.27. The van der Waals surface area contributed by atoms with Gasteiger partial charge in [0.1, 0.15) is 0 Å². The molecule has 0 amide bonds. The smallest absolute Gasteiger partial charge is 0.00927 e. The van der Waals surface area contributed by atoms with Gasteiger partial charge in [0.15, 0.2) is 0 Å². The van der Waals surface area contributed by atoms with Crippen molar-refractivity contribution in [2.45, 2.75) is 45.1 Å². The first kappa shape index (κ1) is 10.0. The average molecular weight is 170 g/mol. The highest BCUT2D eigenvalue weighted by molar-refractivity contribution is 4.85. The molecule has 1 unspecified atom stereocenters. The highest BCUT2D eigenvalue weighted by atomic mass is 14.9. The standard InChI is InChI=1S/C10H22N2/c1-2-10(9-5-6-9)12-8-4-3-7-11/h9-10,12H,2-8,11H2,1H3. The highest BCUT2D eigenvalue weighted by Crippen LogP contribution is 2.33. The lowest BCUT2D eigenvalue weighted by Gasteiger charge is -2.15. The fourth-order valence-electron chi connectivity index (χ4n) is 1.70. The minimum absolute atomic E-state index is 0.794. The third-order valence-electron chi connectivity index (χ3n) is 2.67. The maximum atomic E-state index is 5.42. The molecule has 0 aliphatic heterocycles. The van der Waals surface area contributed by atoms with Crippen LogP contribution in [-0.2, 0) is 0 Å². The van der Waals surface area contributed by atoms with Crippen molar-refractivity contribution in [1.82, 2.24) is 5.32 Å². The third-order valence-corrected chi connectivity index (χ3v) is 2.67. The summed E-state index contributed by atoms with van der Waals surface area (Å²) in [5.41, 5.74) is 5.42. The molecule has 3 N–H and O–H groups in total. The van der Waals surface area contributed by atoms with Crippen LogP contribution in [0.25, 0.3) is 0 Å². The van der Waals surface area contributed by atoms with Gasteiger partial charge in [-0.1, -0.05) is 6.92 Å². The van der Waals surface area contributed by atoms with E-state index in [0.29, 0.717) is 0 Å². The van der Waals surface area contributed by atoms with Crippen molar-refractivity contribution in [3.63, 3.8) is 0 Å². The molecule has 12 heavy (non-hydrogen) atoms. The van der Waals surface area contributed by atoms with Crippen molar-refractivity contribution >= 4 is 0 Å². The molecule has 2 nitrogen and oxygen atoms in total. The molecule has 0 spiro atoms. The predicted molar refractivity (Wildman–Crippen MR) is 53.1 cm³/mol. The molecule has 72 valence electrons. The van der Waals surface area contributed by atoms with E-state index in [1.807, 2.05) is 0 Å². The minimum Gasteiger partial charge on any atom is -0.330 e. The number of hydrogen-bond donors (Lipinski definition) is 2. The Kier molecular flexibility index (Phi) is 4.62. The van der Waals surface area contributed by atoms with E-state index < -0.39 is 0 Å². The normalized spacial score (nSPS) is 19.5. The van der Waals surface area contributed by atoms with E-state index in [2.05, 4.69) is 12.2 Å². The van der Waals surface area contributed by atoms with E-state index in [-0.39, 0.29) is 0 Å². The lowest BCUT2D eigenvalue weighted by molar-refractivity contribution is 0.443. The Labute approximate surface area is 75.9 Å². The first-order valence-electron chi connectivity index (χ1n) is 5.32. The molecule has 0 aromatic carbocycles. The summed E-state index contributed by atoms with van der Waals surface area (Å²) in [6, 6.07) is 0.794. The van der Waals surface area contributed by atoms with Crippen molar-refractivity contribution in [1.29, 1.82) is 0 Å². The van der Waals surface area contributed by atoms with Crippen LogP contribution in [0, 0.1) is 5.92 Å². The molecule has 0 saturated heterocycles. The molecule has 1 fully saturated rings. The van der Waals surface area contributed by atoms with Crippen LogP contribution in [0.1, 0.15) is 39.0 Å². The summed E-state index contributed by atoms with van der Waals surface area (Å²) < 4.78 is 0. The number of nitrogens with two attached hydrogens (primary N) is 1. The molecule has 0 aromatic rings. The summed E-state index contributed by atoms with van der Waals surface area (Å²) >= 11 is 0. The average Bonchev–Trinajstić information content (AvgIpc) is 2.88. The van der Waals surface area contributed by atoms with E-state index in [9.17, 15) is 0 Å². The number of hydrogen-bond acceptors (Lipinski definition) is 2. The highest BCUT2D eigenvalue weighted by Gasteiger charge is 2.28. The Balaban J connectivity index is 1.95. The lowest BCUT2D eigenvalue weighted by Crippen LogP contribution is -2.31. The van der Waals surface area contributed by atoms with E-state index in [4.69, 9.17) is 5.73 Å². The van der Waals surface area contributed by atoms with E-state index in [0.717, 1.165) is 31.5 Å². The Hall–Kier alpha value is -0.0800. The molecule has 2 heteroatoms. The summed E-state index contributed by atoms with van der Waals surface area (Å²) in [5.74, 6) is 0.993. The molecule has 1 aliphatic rings. The van der Waals surface area contributed by atoms with Crippen LogP contribution < -0.4 is 11.1 Å². The topological polar surface area (TPSA) is 38.0 Å². The van der Waals surface area contributed by atoms with Gasteiger partial charge in [-0.3, -0.25) is 0 Å². The second kappa shape index (κ2) is 5.55. The summed E-state index contributed by atoms with van der Waals surface area (Å²) in [6.07, 6.45) is 6.58. The van der Waals surface area contributed by atoms with Crippen molar-refractivity contribution in [2.75, 3.05) is 13.1 Å². The minimum atomic E-state index is 0.794. The van der Waals surface area contributed by atoms with Gasteiger partial charge in [0.05, 0.1) is 0 Å². The zero-order valence-corrected chi connectivity index (χ0v) is 8.18. The maximum absolute atomic E-state index is 5.42. The summed E-state index contributed by atoms with van der Waals surface area (Å²) in [7, 11) is 0. The molecule has 0 aromatic heterocycles. The van der Waals surface area contributed by atoms with Crippen molar-refractivity contribution in [3.05, 3.63) is 0 Å². The Morgan fingerprint density at radius 1 is 1.42 bits per heavy atom. The van der Waals surface area contributed by atoms with Crippen LogP contribution in [0.4, 0.5) is 0 Å². The van der Waals surface area contributed by atoms with Crippen LogP contribution >= 0.6 is 0 Å². The zero-order valence-electron chi connectivity index (χ0n) is 8.18. The van der Waals surface area contributed by atoms with Gasteiger partial charge >= 0.3 is 0 Å². The van der Waals surface area contributed by atoms with E-state index >= 15 is 0 Å². The Morgan fingerprint density at radius 3 is 2.67 bits per heavy atom. The number of unbranched alkanes of at least 4 members (excludes halogenated alkanes) is 1. The molecule has 0 heterocycles. The SMILES string of the molecule is CCC(NCCCCN)C1CC1. The molecule has 1 aliphatic carbocycles. The Morgan fingerprint density at radius 2 is 2.17 bits per heavy atom. The van der Waals surface area contributed by atoms with Gasteiger partial charge in [-0.05, 0) is 51.1 Å². The van der Waals surface area contributed by atoms with Gasteiger partial charge in [-0.15, -0.1) is 0 Å². The quantitative estimate of drug-likeness (QED) is 0.568. The van der Waals surface area contributed by atoms with Gasteiger partial charge in [0.2, 0.25) is 0 Å². The maximum Gasteiger partial charge on any atom is 0.00927 e. The lowest BCUT2D eigenvalue weighted by atomic mass is 10.1. The van der Waals surface area contributed by atoms with Gasteiger partial charge in [-0.25, -0.2) is 0 Å². The third kappa shape index (κ3) is 3.55. The second-order valence-electron chi connectivity index (χ2n) is 3.80. The van der Waals surface area contributed by atoms with E-state index in [1.165, 1.54) is 25.7 Å².